The smallest absolute Gasteiger partial charge is 0.407 e. The average molecular weight is 575 g/mol. The molecule has 0 aliphatic carbocycles. The summed E-state index contributed by atoms with van der Waals surface area (Å²) in [5.41, 5.74) is 2.25. The van der Waals surface area contributed by atoms with Crippen LogP contribution < -0.4 is 10.6 Å². The van der Waals surface area contributed by atoms with Gasteiger partial charge in [-0.1, -0.05) is 31.2 Å². The van der Waals surface area contributed by atoms with Gasteiger partial charge in [-0.3, -0.25) is 4.99 Å². The number of nitrogens with one attached hydrogen (secondary N) is 2. The quantitative estimate of drug-likeness (QED) is 0.198. The average Bonchev–Trinajstić information content (AvgIpc) is 2.76. The van der Waals surface area contributed by atoms with Gasteiger partial charge in [0.2, 0.25) is 0 Å². The van der Waals surface area contributed by atoms with Crippen molar-refractivity contribution in [2.24, 2.45) is 4.99 Å². The van der Waals surface area contributed by atoms with Crippen LogP contribution in [0.3, 0.4) is 0 Å². The molecule has 0 aromatic heterocycles. The Morgan fingerprint density at radius 3 is 2.30 bits per heavy atom. The number of amides is 1. The van der Waals surface area contributed by atoms with Crippen LogP contribution in [0, 0.1) is 0 Å². The zero-order chi connectivity index (χ0) is 23.4. The molecule has 1 aromatic carbocycles. The molecule has 0 radical (unpaired) electrons. The number of hydrogen-bond donors (Lipinski definition) is 2. The maximum absolute atomic E-state index is 11.6. The predicted octanol–water partition coefficient (Wildman–Crippen LogP) is 4.38. The molecule has 1 aromatic rings. The van der Waals surface area contributed by atoms with Crippen LogP contribution in [0.5, 0.6) is 0 Å². The van der Waals surface area contributed by atoms with Gasteiger partial charge in [-0.15, -0.1) is 24.0 Å². The van der Waals surface area contributed by atoms with Crippen molar-refractivity contribution in [1.29, 1.82) is 0 Å². The Hall–Kier alpha value is -1.55. The number of likely N-dealkylation sites (tertiary alicyclic amines) is 1. The van der Waals surface area contributed by atoms with Crippen molar-refractivity contribution in [3.05, 3.63) is 35.4 Å². The zero-order valence-electron chi connectivity index (χ0n) is 21.0. The SMILES string of the molecule is CCc1ccc(CCNC(=NC)N2CCC(OCCCNC(=O)OC(C)(C)C)CC2)cc1.I. The van der Waals surface area contributed by atoms with Crippen molar-refractivity contribution in [3.8, 4) is 0 Å². The fraction of sp³-hybridized carbons (Fsp3) is 0.680. The number of nitrogens with zero attached hydrogens (tertiary/aromatic N) is 2. The summed E-state index contributed by atoms with van der Waals surface area (Å²) in [5, 5.41) is 6.27. The maximum atomic E-state index is 11.6. The van der Waals surface area contributed by atoms with Crippen molar-refractivity contribution < 1.29 is 14.3 Å². The van der Waals surface area contributed by atoms with Crippen LogP contribution in [0.4, 0.5) is 4.79 Å². The Morgan fingerprint density at radius 1 is 1.09 bits per heavy atom. The number of halogens is 1. The van der Waals surface area contributed by atoms with Crippen molar-refractivity contribution >= 4 is 36.0 Å². The van der Waals surface area contributed by atoms with Crippen LogP contribution in [0.15, 0.2) is 29.3 Å². The molecule has 0 saturated carbocycles. The molecule has 7 nitrogen and oxygen atoms in total. The fourth-order valence-electron chi connectivity index (χ4n) is 3.65. The minimum Gasteiger partial charge on any atom is -0.444 e. The van der Waals surface area contributed by atoms with Crippen molar-refractivity contribution in [2.45, 2.75) is 71.5 Å². The van der Waals surface area contributed by atoms with Gasteiger partial charge in [0.05, 0.1) is 6.10 Å². The van der Waals surface area contributed by atoms with E-state index in [1.165, 1.54) is 11.1 Å². The van der Waals surface area contributed by atoms with Crippen LogP contribution in [-0.4, -0.2) is 68.5 Å². The molecule has 0 spiro atoms. The van der Waals surface area contributed by atoms with Gasteiger partial charge in [0.15, 0.2) is 5.96 Å². The lowest BCUT2D eigenvalue weighted by atomic mass is 10.1. The zero-order valence-corrected chi connectivity index (χ0v) is 23.3. The predicted molar refractivity (Wildman–Crippen MR) is 146 cm³/mol. The molecule has 0 bridgehead atoms. The lowest BCUT2D eigenvalue weighted by Crippen LogP contribution is -2.47. The molecule has 1 aliphatic rings. The van der Waals surface area contributed by atoms with Crippen molar-refractivity contribution in [3.63, 3.8) is 0 Å². The van der Waals surface area contributed by atoms with Crippen molar-refractivity contribution in [2.75, 3.05) is 39.8 Å². The summed E-state index contributed by atoms with van der Waals surface area (Å²) in [6, 6.07) is 8.86. The number of alkyl carbamates (subject to hydrolysis) is 1. The maximum Gasteiger partial charge on any atom is 0.407 e. The number of piperidine rings is 1. The number of aryl methyl sites for hydroxylation is 1. The highest BCUT2D eigenvalue weighted by Crippen LogP contribution is 2.14. The number of guanidine groups is 1. The fourth-order valence-corrected chi connectivity index (χ4v) is 3.65. The third-order valence-corrected chi connectivity index (χ3v) is 5.42. The first kappa shape index (κ1) is 29.5. The molecule has 188 valence electrons. The lowest BCUT2D eigenvalue weighted by molar-refractivity contribution is 0.0170. The number of benzene rings is 1. The van der Waals surface area contributed by atoms with E-state index < -0.39 is 5.60 Å². The number of aliphatic imine (C=N–C) groups is 1. The molecule has 2 rings (SSSR count). The molecule has 33 heavy (non-hydrogen) atoms. The summed E-state index contributed by atoms with van der Waals surface area (Å²) >= 11 is 0. The van der Waals surface area contributed by atoms with E-state index in [-0.39, 0.29) is 36.2 Å². The summed E-state index contributed by atoms with van der Waals surface area (Å²) in [6.45, 7) is 11.7. The van der Waals surface area contributed by atoms with E-state index in [1.54, 1.807) is 0 Å². The van der Waals surface area contributed by atoms with Gasteiger partial charge in [0.1, 0.15) is 5.60 Å². The topological polar surface area (TPSA) is 75.2 Å². The summed E-state index contributed by atoms with van der Waals surface area (Å²) < 4.78 is 11.2. The lowest BCUT2D eigenvalue weighted by Gasteiger charge is -2.34. The minimum absolute atomic E-state index is 0. The highest BCUT2D eigenvalue weighted by Gasteiger charge is 2.22. The van der Waals surface area contributed by atoms with E-state index in [2.05, 4.69) is 51.7 Å². The van der Waals surface area contributed by atoms with Crippen LogP contribution in [0.25, 0.3) is 0 Å². The van der Waals surface area contributed by atoms with Gasteiger partial charge in [-0.2, -0.15) is 0 Å². The second-order valence-electron chi connectivity index (χ2n) is 9.23. The third-order valence-electron chi connectivity index (χ3n) is 5.42. The largest absolute Gasteiger partial charge is 0.444 e. The van der Waals surface area contributed by atoms with Crippen LogP contribution in [-0.2, 0) is 22.3 Å². The summed E-state index contributed by atoms with van der Waals surface area (Å²) in [7, 11) is 1.85. The molecular formula is C25H43IN4O3. The first-order valence-corrected chi connectivity index (χ1v) is 11.9. The molecule has 1 heterocycles. The number of rotatable bonds is 9. The molecule has 1 aliphatic heterocycles. The Balaban J connectivity index is 0.00000544. The Kier molecular flexibility index (Phi) is 13.7. The van der Waals surface area contributed by atoms with Gasteiger partial charge in [0, 0.05) is 39.8 Å². The van der Waals surface area contributed by atoms with Gasteiger partial charge in [0.25, 0.3) is 0 Å². The molecule has 8 heteroatoms. The van der Waals surface area contributed by atoms with Crippen LogP contribution in [0.2, 0.25) is 0 Å². The second kappa shape index (κ2) is 15.4. The van der Waals surface area contributed by atoms with Gasteiger partial charge >= 0.3 is 6.09 Å². The molecule has 0 unspecified atom stereocenters. The highest BCUT2D eigenvalue weighted by atomic mass is 127. The highest BCUT2D eigenvalue weighted by molar-refractivity contribution is 14.0. The van der Waals surface area contributed by atoms with E-state index in [4.69, 9.17) is 9.47 Å². The van der Waals surface area contributed by atoms with Crippen LogP contribution in [0.1, 0.15) is 58.1 Å². The van der Waals surface area contributed by atoms with Crippen LogP contribution >= 0.6 is 24.0 Å². The normalized spacial score (nSPS) is 15.1. The van der Waals surface area contributed by atoms with Crippen molar-refractivity contribution in [1.82, 2.24) is 15.5 Å². The minimum atomic E-state index is -0.468. The molecule has 1 amide bonds. The molecular weight excluding hydrogens is 531 g/mol. The summed E-state index contributed by atoms with van der Waals surface area (Å²) in [4.78, 5) is 18.4. The van der Waals surface area contributed by atoms with E-state index >= 15 is 0 Å². The summed E-state index contributed by atoms with van der Waals surface area (Å²) in [5.74, 6) is 0.968. The van der Waals surface area contributed by atoms with E-state index in [0.717, 1.165) is 57.7 Å². The van der Waals surface area contributed by atoms with Gasteiger partial charge < -0.3 is 25.0 Å². The monoisotopic (exact) mass is 574 g/mol. The Morgan fingerprint density at radius 2 is 1.73 bits per heavy atom. The molecule has 1 saturated heterocycles. The molecule has 0 atom stereocenters. The van der Waals surface area contributed by atoms with E-state index in [9.17, 15) is 4.79 Å². The summed E-state index contributed by atoms with van der Waals surface area (Å²) in [6.07, 6.45) is 4.71. The standard InChI is InChI=1S/C25H42N4O3.HI/c1-6-20-8-10-21(11-9-20)12-16-27-23(26-5)29-17-13-22(14-18-29)31-19-7-15-28-24(30)32-25(2,3)4;/h8-11,22H,6-7,12-19H2,1-5H3,(H,26,27)(H,28,30);1H. The number of carbonyl (C=O) groups is 1. The third kappa shape index (κ3) is 11.9. The van der Waals surface area contributed by atoms with E-state index in [0.29, 0.717) is 13.2 Å². The number of carbonyl (C=O) groups excluding carboxylic acids is 1. The molecule has 1 fully saturated rings. The Bertz CT molecular complexity index is 711. The first-order chi connectivity index (χ1) is 15.3. The Labute approximate surface area is 217 Å². The van der Waals surface area contributed by atoms with Gasteiger partial charge in [-0.05, 0) is 64.0 Å². The molecule has 2 N–H and O–H groups in total. The van der Waals surface area contributed by atoms with Gasteiger partial charge in [-0.25, -0.2) is 4.79 Å². The van der Waals surface area contributed by atoms with E-state index in [1.807, 2.05) is 27.8 Å². The first-order valence-electron chi connectivity index (χ1n) is 11.9. The number of ether oxygens (including phenoxy) is 2. The number of hydrogen-bond acceptors (Lipinski definition) is 4. The second-order valence-corrected chi connectivity index (χ2v) is 9.23.